The molecule has 1 aliphatic rings. The number of pyridine rings is 1. The predicted octanol–water partition coefficient (Wildman–Crippen LogP) is 10.0. The van der Waals surface area contributed by atoms with Crippen molar-refractivity contribution in [3.05, 3.63) is 128 Å². The van der Waals surface area contributed by atoms with E-state index < -0.39 is 5.97 Å². The van der Waals surface area contributed by atoms with E-state index in [-0.39, 0.29) is 30.7 Å². The van der Waals surface area contributed by atoms with Crippen molar-refractivity contribution < 1.29 is 24.2 Å². The Morgan fingerprint density at radius 3 is 2.31 bits per heavy atom. The van der Waals surface area contributed by atoms with E-state index in [0.717, 1.165) is 60.9 Å². The minimum absolute atomic E-state index is 0.0543. The second kappa shape index (κ2) is 17.1. The van der Waals surface area contributed by atoms with Gasteiger partial charge < -0.3 is 33.5 Å². The number of hydrogen-bond donors (Lipinski definition) is 1. The van der Waals surface area contributed by atoms with Gasteiger partial charge in [0.1, 0.15) is 28.7 Å². The van der Waals surface area contributed by atoms with Crippen molar-refractivity contribution in [2.45, 2.75) is 66.6 Å². The van der Waals surface area contributed by atoms with E-state index in [1.54, 1.807) is 34.9 Å². The molecule has 0 saturated heterocycles. The van der Waals surface area contributed by atoms with Gasteiger partial charge in [-0.2, -0.15) is 0 Å². The fourth-order valence-electron chi connectivity index (χ4n) is 9.03. The highest BCUT2D eigenvalue weighted by molar-refractivity contribution is 6.35. The quantitative estimate of drug-likeness (QED) is 0.113. The van der Waals surface area contributed by atoms with Crippen LogP contribution >= 0.6 is 23.2 Å². The molecule has 5 heterocycles. The number of aromatic carboxylic acids is 1. The van der Waals surface area contributed by atoms with Crippen LogP contribution < -0.4 is 14.4 Å². The van der Waals surface area contributed by atoms with Gasteiger partial charge in [0.05, 0.1) is 54.2 Å². The molecule has 0 saturated carbocycles. The topological polar surface area (TPSA) is 128 Å². The van der Waals surface area contributed by atoms with Gasteiger partial charge in [0.2, 0.25) is 0 Å². The van der Waals surface area contributed by atoms with Gasteiger partial charge in [0.15, 0.2) is 0 Å². The fraction of sp³-hybridized carbons (Fsp3) is 0.312. The monoisotopic (exact) mass is 873 g/mol. The first-order valence-corrected chi connectivity index (χ1v) is 21.3. The highest BCUT2D eigenvalue weighted by Crippen LogP contribution is 2.46. The number of carbonyl (C=O) groups excluding carboxylic acids is 1. The molecule has 4 aromatic heterocycles. The van der Waals surface area contributed by atoms with Crippen LogP contribution in [0.1, 0.15) is 80.0 Å². The molecule has 14 heteroatoms. The highest BCUT2D eigenvalue weighted by atomic mass is 35.5. The Labute approximate surface area is 370 Å². The number of carboxylic acid groups (broad SMARTS) is 1. The van der Waals surface area contributed by atoms with Crippen LogP contribution in [0.25, 0.3) is 32.9 Å². The summed E-state index contributed by atoms with van der Waals surface area (Å²) in [6, 6.07) is 18.3. The Morgan fingerprint density at radius 1 is 0.935 bits per heavy atom. The Kier molecular flexibility index (Phi) is 11.8. The van der Waals surface area contributed by atoms with Crippen LogP contribution in [-0.2, 0) is 19.5 Å². The molecule has 12 nitrogen and oxygen atoms in total. The van der Waals surface area contributed by atoms with Gasteiger partial charge in [-0.3, -0.25) is 9.78 Å². The molecule has 1 aliphatic heterocycles. The third kappa shape index (κ3) is 7.65. The van der Waals surface area contributed by atoms with Crippen LogP contribution in [-0.4, -0.2) is 80.3 Å². The van der Waals surface area contributed by atoms with E-state index in [0.29, 0.717) is 70.6 Å². The van der Waals surface area contributed by atoms with Gasteiger partial charge in [-0.15, -0.1) is 0 Å². The second-order valence-corrected chi connectivity index (χ2v) is 17.1. The largest absolute Gasteiger partial charge is 0.496 e. The van der Waals surface area contributed by atoms with Crippen LogP contribution in [0.5, 0.6) is 11.5 Å². The second-order valence-electron chi connectivity index (χ2n) is 16.3. The number of halogens is 2. The minimum atomic E-state index is -1.11. The molecule has 62 heavy (non-hydrogen) atoms. The fourth-order valence-corrected chi connectivity index (χ4v) is 9.39. The molecule has 1 N–H and O–H groups in total. The zero-order valence-corrected chi connectivity index (χ0v) is 37.6. The molecule has 0 aliphatic carbocycles. The normalized spacial score (nSPS) is 14.0. The third-order valence-electron chi connectivity index (χ3n) is 11.6. The summed E-state index contributed by atoms with van der Waals surface area (Å²) in [5.74, 6) is 0.616. The van der Waals surface area contributed by atoms with Gasteiger partial charge >= 0.3 is 5.97 Å². The van der Waals surface area contributed by atoms with Crippen molar-refractivity contribution >= 4 is 62.6 Å². The Balaban J connectivity index is 1.31. The van der Waals surface area contributed by atoms with Gasteiger partial charge in [-0.05, 0) is 127 Å². The molecule has 0 spiro atoms. The van der Waals surface area contributed by atoms with E-state index in [9.17, 15) is 9.90 Å². The first kappa shape index (κ1) is 42.7. The van der Waals surface area contributed by atoms with Gasteiger partial charge in [0, 0.05) is 57.1 Å². The van der Waals surface area contributed by atoms with Crippen molar-refractivity contribution in [2.24, 2.45) is 0 Å². The molecule has 0 radical (unpaired) electrons. The van der Waals surface area contributed by atoms with Crippen molar-refractivity contribution in [2.75, 3.05) is 39.3 Å². The van der Waals surface area contributed by atoms with E-state index >= 15 is 4.79 Å². The first-order valence-electron chi connectivity index (χ1n) is 20.6. The lowest BCUT2D eigenvalue weighted by Gasteiger charge is -2.35. The Morgan fingerprint density at radius 2 is 1.66 bits per heavy atom. The lowest BCUT2D eigenvalue weighted by Crippen LogP contribution is -2.43. The average molecular weight is 875 g/mol. The first-order chi connectivity index (χ1) is 29.7. The van der Waals surface area contributed by atoms with Crippen LogP contribution in [0.2, 0.25) is 10.0 Å². The summed E-state index contributed by atoms with van der Waals surface area (Å²) < 4.78 is 15.9. The van der Waals surface area contributed by atoms with Gasteiger partial charge in [0.25, 0.3) is 5.91 Å². The lowest BCUT2D eigenvalue weighted by atomic mass is 9.97. The maximum Gasteiger partial charge on any atom is 0.352 e. The number of methoxy groups -OCH3 is 1. The molecule has 7 aromatic rings. The summed E-state index contributed by atoms with van der Waals surface area (Å²) in [4.78, 5) is 46.6. The van der Waals surface area contributed by atoms with Gasteiger partial charge in [-0.1, -0.05) is 35.3 Å². The number of aromatic nitrogens is 5. The summed E-state index contributed by atoms with van der Waals surface area (Å²) in [5.41, 5.74) is 9.18. The number of ether oxygens (including phenoxy) is 2. The van der Waals surface area contributed by atoms with Crippen molar-refractivity contribution in [3.8, 4) is 22.6 Å². The number of benzene rings is 3. The molecule has 1 amide bonds. The Bertz CT molecular complexity index is 2860. The summed E-state index contributed by atoms with van der Waals surface area (Å²) in [6.07, 6.45) is 2.80. The molecule has 320 valence electrons. The van der Waals surface area contributed by atoms with E-state index in [2.05, 4.69) is 16.5 Å². The molecule has 3 aromatic carbocycles. The molecule has 0 bridgehead atoms. The third-order valence-corrected chi connectivity index (χ3v) is 12.5. The molecular formula is C48H49Cl2N7O5. The number of carboxylic acids is 1. The molecule has 0 unspecified atom stereocenters. The maximum absolute atomic E-state index is 15.6. The summed E-state index contributed by atoms with van der Waals surface area (Å²) in [6.45, 7) is 11.4. The van der Waals surface area contributed by atoms with Crippen molar-refractivity contribution in [1.82, 2.24) is 29.0 Å². The zero-order valence-electron chi connectivity index (χ0n) is 36.1. The summed E-state index contributed by atoms with van der Waals surface area (Å²) in [7, 11) is 5.52. The number of nitrogens with zero attached hydrogens (tertiary/aromatic N) is 7. The number of carbonyl (C=O) groups is 2. The van der Waals surface area contributed by atoms with Crippen LogP contribution in [0.4, 0.5) is 5.69 Å². The SMILES string of the molecule is COc1ccc(N2C[C@@H](C)n3c(c(CCCOc4cc(C)c(Cl)c(C)c4)c4ccc(Cl)c(-c5c(C)nc(CN(C)C)nc5C)c43)C2=O)c2c1cc(C(=O)O)n2Cc1ccccn1. The number of amides is 1. The molecule has 8 rings (SSSR count). The molecule has 1 atom stereocenters. The minimum Gasteiger partial charge on any atom is -0.496 e. The van der Waals surface area contributed by atoms with Crippen LogP contribution in [0, 0.1) is 27.7 Å². The molecule has 0 fully saturated rings. The van der Waals surface area contributed by atoms with Crippen LogP contribution in [0.3, 0.4) is 0 Å². The zero-order chi connectivity index (χ0) is 44.1. The number of hydrogen-bond acceptors (Lipinski definition) is 8. The smallest absolute Gasteiger partial charge is 0.352 e. The van der Waals surface area contributed by atoms with Crippen molar-refractivity contribution in [3.63, 3.8) is 0 Å². The lowest BCUT2D eigenvalue weighted by molar-refractivity contribution is 0.0686. The number of fused-ring (bicyclic) bond motifs is 4. The van der Waals surface area contributed by atoms with Crippen molar-refractivity contribution in [1.29, 1.82) is 0 Å². The van der Waals surface area contributed by atoms with Crippen LogP contribution in [0.15, 0.2) is 66.9 Å². The number of rotatable bonds is 13. The number of anilines is 1. The summed E-state index contributed by atoms with van der Waals surface area (Å²) in [5, 5.41) is 13.2. The number of aryl methyl sites for hydroxylation is 5. The summed E-state index contributed by atoms with van der Waals surface area (Å²) >= 11 is 13.7. The maximum atomic E-state index is 15.6. The highest BCUT2D eigenvalue weighted by Gasteiger charge is 2.38. The molecular weight excluding hydrogens is 825 g/mol. The Hall–Kier alpha value is -5.95. The van der Waals surface area contributed by atoms with E-state index in [4.69, 9.17) is 42.6 Å². The van der Waals surface area contributed by atoms with E-state index in [1.807, 2.05) is 95.2 Å². The van der Waals surface area contributed by atoms with Gasteiger partial charge in [-0.25, -0.2) is 14.8 Å². The average Bonchev–Trinajstić information content (AvgIpc) is 3.77. The predicted molar refractivity (Wildman–Crippen MR) is 245 cm³/mol. The van der Waals surface area contributed by atoms with E-state index in [1.165, 1.54) is 0 Å². The standard InChI is InChI=1S/C48H49Cl2N7O5/c1-26-20-32(21-27(2)43(26)50)62-19-11-13-33-34-14-15-36(49)42(41-29(4)52-40(25-54(6)7)53-30(41)5)45(34)57-28(3)23-56(47(58)46(33)57)37-16-17-39(61-8)35-22-38(48(59)60)55(44(35)37)24-31-12-9-10-18-51-31/h9-10,12,14-18,20-22,28H,11,13,19,23-25H2,1-8H3,(H,59,60)/t28-/m1/s1.